The molecule has 1 aromatic heterocycles. The van der Waals surface area contributed by atoms with Gasteiger partial charge in [-0.3, -0.25) is 4.79 Å². The molecule has 2 fully saturated rings. The van der Waals surface area contributed by atoms with Gasteiger partial charge in [-0.2, -0.15) is 0 Å². The first-order valence-electron chi connectivity index (χ1n) is 12.0. The van der Waals surface area contributed by atoms with Gasteiger partial charge in [0.05, 0.1) is 11.4 Å². The maximum absolute atomic E-state index is 14.1. The van der Waals surface area contributed by atoms with Crippen LogP contribution < -0.4 is 9.80 Å². The van der Waals surface area contributed by atoms with Crippen molar-refractivity contribution in [1.29, 1.82) is 0 Å². The molecule has 0 spiro atoms. The summed E-state index contributed by atoms with van der Waals surface area (Å²) < 4.78 is 14.1. The largest absolute Gasteiger partial charge is 0.366 e. The molecule has 0 atom stereocenters. The molecule has 5 rings (SSSR count). The Bertz CT molecular complexity index is 1140. The van der Waals surface area contributed by atoms with Gasteiger partial charge in [0.15, 0.2) is 5.82 Å². The molecule has 0 bridgehead atoms. The van der Waals surface area contributed by atoms with E-state index in [1.807, 2.05) is 40.1 Å². The van der Waals surface area contributed by atoms with Crippen LogP contribution in [0.15, 0.2) is 60.7 Å². The predicted molar refractivity (Wildman–Crippen MR) is 132 cm³/mol. The van der Waals surface area contributed by atoms with Crippen LogP contribution in [0.25, 0.3) is 11.3 Å². The zero-order valence-electron chi connectivity index (χ0n) is 19.5. The molecule has 3 heterocycles. The van der Waals surface area contributed by atoms with E-state index in [1.165, 1.54) is 11.6 Å². The third-order valence-electron chi connectivity index (χ3n) is 7.02. The van der Waals surface area contributed by atoms with Crippen molar-refractivity contribution in [2.75, 3.05) is 49.1 Å². The second-order valence-electron chi connectivity index (χ2n) is 9.12. The molecule has 0 radical (unpaired) electrons. The fourth-order valence-corrected chi connectivity index (χ4v) is 4.99. The highest BCUT2D eigenvalue weighted by molar-refractivity contribution is 5.79. The fourth-order valence-electron chi connectivity index (χ4n) is 4.99. The Labute approximate surface area is 200 Å². The summed E-state index contributed by atoms with van der Waals surface area (Å²) in [5.74, 6) is 0.927. The maximum Gasteiger partial charge on any atom is 0.225 e. The summed E-state index contributed by atoms with van der Waals surface area (Å²) in [7, 11) is 0. The van der Waals surface area contributed by atoms with Crippen molar-refractivity contribution in [1.82, 2.24) is 15.1 Å². The van der Waals surface area contributed by atoms with Gasteiger partial charge < -0.3 is 14.7 Å². The van der Waals surface area contributed by atoms with Crippen molar-refractivity contribution in [3.8, 4) is 11.3 Å². The maximum atomic E-state index is 14.1. The molecule has 7 heteroatoms. The second-order valence-corrected chi connectivity index (χ2v) is 9.12. The van der Waals surface area contributed by atoms with E-state index < -0.39 is 0 Å². The number of anilines is 2. The van der Waals surface area contributed by atoms with Crippen molar-refractivity contribution >= 4 is 17.4 Å². The zero-order chi connectivity index (χ0) is 23.5. The van der Waals surface area contributed by atoms with E-state index in [2.05, 4.69) is 34.2 Å². The minimum absolute atomic E-state index is 0.0375. The Morgan fingerprint density at radius 2 is 1.53 bits per heavy atom. The van der Waals surface area contributed by atoms with E-state index >= 15 is 0 Å². The summed E-state index contributed by atoms with van der Waals surface area (Å²) in [6.07, 6.45) is 1.63. The first-order chi connectivity index (χ1) is 16.6. The molecule has 3 aromatic rings. The molecule has 0 unspecified atom stereocenters. The van der Waals surface area contributed by atoms with E-state index in [4.69, 9.17) is 0 Å². The highest BCUT2D eigenvalue weighted by atomic mass is 19.1. The summed E-state index contributed by atoms with van der Waals surface area (Å²) >= 11 is 0. The third kappa shape index (κ3) is 4.60. The van der Waals surface area contributed by atoms with E-state index in [-0.39, 0.29) is 17.6 Å². The molecule has 1 amide bonds. The lowest BCUT2D eigenvalue weighted by atomic mass is 9.95. The van der Waals surface area contributed by atoms with E-state index in [1.54, 1.807) is 12.1 Å². The smallest absolute Gasteiger partial charge is 0.225 e. The van der Waals surface area contributed by atoms with Gasteiger partial charge in [-0.1, -0.05) is 36.4 Å². The lowest BCUT2D eigenvalue weighted by molar-refractivity contribution is -0.136. The first kappa shape index (κ1) is 22.3. The molecule has 0 aliphatic carbocycles. The lowest BCUT2D eigenvalue weighted by Crippen LogP contribution is -2.52. The van der Waals surface area contributed by atoms with Gasteiger partial charge in [0.25, 0.3) is 0 Å². The van der Waals surface area contributed by atoms with Gasteiger partial charge in [-0.15, -0.1) is 10.2 Å². The Hall–Kier alpha value is -3.48. The van der Waals surface area contributed by atoms with Crippen LogP contribution in [0.1, 0.15) is 18.4 Å². The van der Waals surface area contributed by atoms with Crippen molar-refractivity contribution < 1.29 is 9.18 Å². The number of carbonyl (C=O) groups excluding carboxylic acids is 1. The average molecular weight is 460 g/mol. The summed E-state index contributed by atoms with van der Waals surface area (Å²) in [5.41, 5.74) is 3.78. The number of aryl methyl sites for hydroxylation is 1. The lowest BCUT2D eigenvalue weighted by Gasteiger charge is -2.39. The number of benzene rings is 2. The van der Waals surface area contributed by atoms with Crippen LogP contribution in [-0.4, -0.2) is 60.3 Å². The number of piperazine rings is 1. The molecule has 34 heavy (non-hydrogen) atoms. The number of hydrogen-bond donors (Lipinski definition) is 0. The van der Waals surface area contributed by atoms with Crippen molar-refractivity contribution in [2.24, 2.45) is 5.92 Å². The van der Waals surface area contributed by atoms with Gasteiger partial charge in [0.2, 0.25) is 5.91 Å². The number of amides is 1. The molecule has 0 saturated carbocycles. The van der Waals surface area contributed by atoms with Crippen LogP contribution >= 0.6 is 0 Å². The van der Waals surface area contributed by atoms with Crippen LogP contribution in [0.2, 0.25) is 0 Å². The molecule has 176 valence electrons. The second kappa shape index (κ2) is 9.79. The number of para-hydroxylation sites is 1. The van der Waals surface area contributed by atoms with Crippen LogP contribution in [0.3, 0.4) is 0 Å². The Kier molecular flexibility index (Phi) is 6.43. The molecule has 2 aromatic carbocycles. The van der Waals surface area contributed by atoms with Gasteiger partial charge in [0.1, 0.15) is 5.82 Å². The Morgan fingerprint density at radius 3 is 2.21 bits per heavy atom. The molecular formula is C27H30FN5O. The topological polar surface area (TPSA) is 52.6 Å². The molecule has 6 nitrogen and oxygen atoms in total. The molecule has 2 saturated heterocycles. The standard InChI is InChI=1S/C27H30FN5O/c1-20-6-2-3-7-22(20)24-10-11-26(30-29-24)32-14-12-21(13-15-32)27(34)33-18-16-31(17-19-33)25-9-5-4-8-23(25)28/h2-11,21H,12-19H2,1H3. The number of piperidine rings is 1. The monoisotopic (exact) mass is 459 g/mol. The first-order valence-corrected chi connectivity index (χ1v) is 12.0. The molecule has 2 aliphatic heterocycles. The summed E-state index contributed by atoms with van der Waals surface area (Å²) in [4.78, 5) is 19.3. The molecule has 0 N–H and O–H groups in total. The van der Waals surface area contributed by atoms with Crippen molar-refractivity contribution in [3.63, 3.8) is 0 Å². The minimum atomic E-state index is -0.204. The highest BCUT2D eigenvalue weighted by Crippen LogP contribution is 2.27. The van der Waals surface area contributed by atoms with Crippen LogP contribution in [0, 0.1) is 18.7 Å². The Morgan fingerprint density at radius 1 is 0.824 bits per heavy atom. The van der Waals surface area contributed by atoms with Crippen molar-refractivity contribution in [3.05, 3.63) is 72.0 Å². The average Bonchev–Trinajstić information content (AvgIpc) is 2.89. The number of rotatable bonds is 4. The number of hydrogen-bond acceptors (Lipinski definition) is 5. The third-order valence-corrected chi connectivity index (χ3v) is 7.02. The summed E-state index contributed by atoms with van der Waals surface area (Å²) in [5, 5.41) is 8.92. The summed E-state index contributed by atoms with van der Waals surface area (Å²) in [6.45, 7) is 6.27. The zero-order valence-corrected chi connectivity index (χ0v) is 19.5. The van der Waals surface area contributed by atoms with Crippen molar-refractivity contribution in [2.45, 2.75) is 19.8 Å². The number of nitrogens with zero attached hydrogens (tertiary/aromatic N) is 5. The Balaban J connectivity index is 1.14. The number of halogens is 1. The highest BCUT2D eigenvalue weighted by Gasteiger charge is 2.31. The number of carbonyl (C=O) groups is 1. The van der Waals surface area contributed by atoms with E-state index in [0.717, 1.165) is 43.0 Å². The number of aromatic nitrogens is 2. The molecular weight excluding hydrogens is 429 g/mol. The quantitative estimate of drug-likeness (QED) is 0.587. The summed E-state index contributed by atoms with van der Waals surface area (Å²) in [6, 6.07) is 19.1. The van der Waals surface area contributed by atoms with E-state index in [9.17, 15) is 9.18 Å². The van der Waals surface area contributed by atoms with Gasteiger partial charge in [0, 0.05) is 50.7 Å². The normalized spacial score (nSPS) is 17.2. The van der Waals surface area contributed by atoms with E-state index in [0.29, 0.717) is 31.9 Å². The van der Waals surface area contributed by atoms with Crippen LogP contribution in [-0.2, 0) is 4.79 Å². The molecule has 2 aliphatic rings. The van der Waals surface area contributed by atoms with Gasteiger partial charge in [-0.05, 0) is 49.6 Å². The minimum Gasteiger partial charge on any atom is -0.366 e. The SMILES string of the molecule is Cc1ccccc1-c1ccc(N2CCC(C(=O)N3CCN(c4ccccc4F)CC3)CC2)nn1. The van der Waals surface area contributed by atoms with Crippen LogP contribution in [0.5, 0.6) is 0 Å². The van der Waals surface area contributed by atoms with Crippen LogP contribution in [0.4, 0.5) is 15.9 Å². The van der Waals surface area contributed by atoms with Gasteiger partial charge >= 0.3 is 0 Å². The fraction of sp³-hybridized carbons (Fsp3) is 0.370. The van der Waals surface area contributed by atoms with Gasteiger partial charge in [-0.25, -0.2) is 4.39 Å². The predicted octanol–water partition coefficient (Wildman–Crippen LogP) is 4.16.